The lowest BCUT2D eigenvalue weighted by molar-refractivity contribution is -0.122. The van der Waals surface area contributed by atoms with Crippen molar-refractivity contribution >= 4 is 5.91 Å². The topological polar surface area (TPSA) is 61.4 Å². The third-order valence-electron chi connectivity index (χ3n) is 2.13. The molecule has 0 aliphatic heterocycles. The van der Waals surface area contributed by atoms with Crippen molar-refractivity contribution in [1.29, 1.82) is 0 Å². The Morgan fingerprint density at radius 1 is 1.43 bits per heavy atom. The highest BCUT2D eigenvalue weighted by atomic mass is 16.3. The molecule has 0 aromatic carbocycles. The summed E-state index contributed by atoms with van der Waals surface area (Å²) < 4.78 is 0. The first-order valence-corrected chi connectivity index (χ1v) is 5.22. The zero-order chi connectivity index (χ0) is 11.0. The molecule has 0 saturated heterocycles. The molecule has 0 saturated carbocycles. The Morgan fingerprint density at radius 3 is 2.50 bits per heavy atom. The number of rotatable bonds is 7. The van der Waals surface area contributed by atoms with Gasteiger partial charge in [-0.25, -0.2) is 0 Å². The van der Waals surface area contributed by atoms with Gasteiger partial charge in [0, 0.05) is 13.0 Å². The molecule has 0 rings (SSSR count). The van der Waals surface area contributed by atoms with Crippen LogP contribution in [0.1, 0.15) is 27.2 Å². The average Bonchev–Trinajstić information content (AvgIpc) is 2.14. The van der Waals surface area contributed by atoms with Gasteiger partial charge in [0.2, 0.25) is 5.91 Å². The fraction of sp³-hybridized carbons (Fsp3) is 0.900. The van der Waals surface area contributed by atoms with Crippen LogP contribution in [0.3, 0.4) is 0 Å². The first-order chi connectivity index (χ1) is 6.61. The van der Waals surface area contributed by atoms with E-state index in [0.29, 0.717) is 13.0 Å². The molecule has 4 heteroatoms. The van der Waals surface area contributed by atoms with E-state index in [1.54, 1.807) is 0 Å². The van der Waals surface area contributed by atoms with Gasteiger partial charge in [-0.1, -0.05) is 20.8 Å². The van der Waals surface area contributed by atoms with Crippen LogP contribution < -0.4 is 10.6 Å². The number of nitrogens with one attached hydrogen (secondary N) is 2. The summed E-state index contributed by atoms with van der Waals surface area (Å²) >= 11 is 0. The van der Waals surface area contributed by atoms with Crippen molar-refractivity contribution in [3.63, 3.8) is 0 Å². The van der Waals surface area contributed by atoms with E-state index in [2.05, 4.69) is 10.6 Å². The lowest BCUT2D eigenvalue weighted by atomic mass is 10.1. The molecule has 0 aromatic rings. The number of hydrogen-bond donors (Lipinski definition) is 3. The molecule has 84 valence electrons. The number of carbonyl (C=O) groups excluding carboxylic acids is 1. The van der Waals surface area contributed by atoms with Gasteiger partial charge in [0.1, 0.15) is 0 Å². The summed E-state index contributed by atoms with van der Waals surface area (Å²) in [5.74, 6) is 0.266. The van der Waals surface area contributed by atoms with Crippen LogP contribution in [0.25, 0.3) is 0 Å². The summed E-state index contributed by atoms with van der Waals surface area (Å²) in [6.07, 6.45) is 0.469. The Labute approximate surface area is 86.1 Å². The van der Waals surface area contributed by atoms with E-state index in [0.717, 1.165) is 6.54 Å². The van der Waals surface area contributed by atoms with Gasteiger partial charge in [0.05, 0.1) is 12.6 Å². The summed E-state index contributed by atoms with van der Waals surface area (Å²) in [6.45, 7) is 7.53. The highest BCUT2D eigenvalue weighted by molar-refractivity contribution is 5.76. The molecule has 3 N–H and O–H groups in total. The Kier molecular flexibility index (Phi) is 7.42. The van der Waals surface area contributed by atoms with Gasteiger partial charge < -0.3 is 15.7 Å². The van der Waals surface area contributed by atoms with Gasteiger partial charge in [0.15, 0.2) is 0 Å². The number of aliphatic hydroxyl groups excluding tert-OH is 1. The molecule has 0 unspecified atom stereocenters. The Hall–Kier alpha value is -0.610. The monoisotopic (exact) mass is 202 g/mol. The number of carbonyl (C=O) groups is 1. The van der Waals surface area contributed by atoms with Crippen molar-refractivity contribution in [3.8, 4) is 0 Å². The second-order valence-electron chi connectivity index (χ2n) is 3.70. The maximum atomic E-state index is 11.3. The molecule has 0 heterocycles. The van der Waals surface area contributed by atoms with Crippen molar-refractivity contribution in [2.75, 3.05) is 19.7 Å². The normalized spacial score (nSPS) is 12.9. The van der Waals surface area contributed by atoms with Crippen LogP contribution in [-0.2, 0) is 4.79 Å². The van der Waals surface area contributed by atoms with Gasteiger partial charge in [-0.2, -0.15) is 0 Å². The molecule has 1 atom stereocenters. The second-order valence-corrected chi connectivity index (χ2v) is 3.70. The van der Waals surface area contributed by atoms with E-state index in [1.807, 2.05) is 20.8 Å². The van der Waals surface area contributed by atoms with Crippen LogP contribution in [0.15, 0.2) is 0 Å². The fourth-order valence-corrected chi connectivity index (χ4v) is 1.08. The molecule has 0 aromatic heterocycles. The van der Waals surface area contributed by atoms with Crippen molar-refractivity contribution in [2.45, 2.75) is 33.2 Å². The second kappa shape index (κ2) is 7.76. The predicted octanol–water partition coefficient (Wildman–Crippen LogP) is 0.119. The van der Waals surface area contributed by atoms with Crippen LogP contribution in [0.5, 0.6) is 0 Å². The quantitative estimate of drug-likeness (QED) is 0.514. The average molecular weight is 202 g/mol. The molecular formula is C10H22N2O2. The van der Waals surface area contributed by atoms with Crippen molar-refractivity contribution in [2.24, 2.45) is 5.92 Å². The lowest BCUT2D eigenvalue weighted by Crippen LogP contribution is -2.42. The molecule has 0 radical (unpaired) electrons. The first-order valence-electron chi connectivity index (χ1n) is 5.22. The molecule has 4 nitrogen and oxygen atoms in total. The Bertz CT molecular complexity index is 160. The Balaban J connectivity index is 3.68. The van der Waals surface area contributed by atoms with E-state index in [-0.39, 0.29) is 24.5 Å². The van der Waals surface area contributed by atoms with Crippen LogP contribution in [0.2, 0.25) is 0 Å². The summed E-state index contributed by atoms with van der Waals surface area (Å²) in [4.78, 5) is 11.3. The summed E-state index contributed by atoms with van der Waals surface area (Å²) in [6, 6.07) is -0.121. The van der Waals surface area contributed by atoms with E-state index >= 15 is 0 Å². The molecule has 0 bridgehead atoms. The van der Waals surface area contributed by atoms with Crippen LogP contribution in [0.4, 0.5) is 0 Å². The summed E-state index contributed by atoms with van der Waals surface area (Å²) in [5, 5.41) is 14.9. The summed E-state index contributed by atoms with van der Waals surface area (Å²) in [7, 11) is 0. The SMILES string of the molecule is CCNCCC(=O)N[C@H](CO)C(C)C. The molecule has 0 aliphatic carbocycles. The smallest absolute Gasteiger partial charge is 0.221 e. The number of amides is 1. The van der Waals surface area contributed by atoms with E-state index < -0.39 is 0 Å². The minimum atomic E-state index is -0.121. The van der Waals surface area contributed by atoms with Gasteiger partial charge in [0.25, 0.3) is 0 Å². The van der Waals surface area contributed by atoms with E-state index in [4.69, 9.17) is 5.11 Å². The molecule has 14 heavy (non-hydrogen) atoms. The van der Waals surface area contributed by atoms with Crippen LogP contribution in [0, 0.1) is 5.92 Å². The molecule has 1 amide bonds. The first kappa shape index (κ1) is 13.4. The predicted molar refractivity (Wildman–Crippen MR) is 57.0 cm³/mol. The lowest BCUT2D eigenvalue weighted by Gasteiger charge is -2.19. The standard InChI is InChI=1S/C10H22N2O2/c1-4-11-6-5-10(14)12-9(7-13)8(2)3/h8-9,11,13H,4-7H2,1-3H3,(H,12,14)/t9-/m1/s1. The third-order valence-corrected chi connectivity index (χ3v) is 2.13. The molecule has 0 spiro atoms. The maximum absolute atomic E-state index is 11.3. The zero-order valence-electron chi connectivity index (χ0n) is 9.34. The van der Waals surface area contributed by atoms with Gasteiger partial charge in [-0.3, -0.25) is 4.79 Å². The Morgan fingerprint density at radius 2 is 2.07 bits per heavy atom. The number of hydrogen-bond acceptors (Lipinski definition) is 3. The zero-order valence-corrected chi connectivity index (χ0v) is 9.34. The van der Waals surface area contributed by atoms with Gasteiger partial charge in [-0.15, -0.1) is 0 Å². The van der Waals surface area contributed by atoms with Crippen molar-refractivity contribution in [1.82, 2.24) is 10.6 Å². The molecule has 0 fully saturated rings. The largest absolute Gasteiger partial charge is 0.394 e. The van der Waals surface area contributed by atoms with E-state index in [9.17, 15) is 4.79 Å². The highest BCUT2D eigenvalue weighted by Crippen LogP contribution is 2.00. The maximum Gasteiger partial charge on any atom is 0.221 e. The molecular weight excluding hydrogens is 180 g/mol. The number of aliphatic hydroxyl groups is 1. The minimum Gasteiger partial charge on any atom is -0.394 e. The molecule has 0 aliphatic rings. The van der Waals surface area contributed by atoms with Crippen molar-refractivity contribution < 1.29 is 9.90 Å². The van der Waals surface area contributed by atoms with Gasteiger partial charge >= 0.3 is 0 Å². The highest BCUT2D eigenvalue weighted by Gasteiger charge is 2.14. The fourth-order valence-electron chi connectivity index (χ4n) is 1.08. The third kappa shape index (κ3) is 5.94. The summed E-state index contributed by atoms with van der Waals surface area (Å²) in [5.41, 5.74) is 0. The van der Waals surface area contributed by atoms with Gasteiger partial charge in [-0.05, 0) is 12.5 Å². The van der Waals surface area contributed by atoms with E-state index in [1.165, 1.54) is 0 Å². The van der Waals surface area contributed by atoms with Crippen LogP contribution in [-0.4, -0.2) is 36.8 Å². The van der Waals surface area contributed by atoms with Crippen molar-refractivity contribution in [3.05, 3.63) is 0 Å². The minimum absolute atomic E-state index is 0.00120. The van der Waals surface area contributed by atoms with Crippen LogP contribution >= 0.6 is 0 Å².